The Balaban J connectivity index is 1.99. The van der Waals surface area contributed by atoms with E-state index < -0.39 is 0 Å². The third-order valence-corrected chi connectivity index (χ3v) is 4.14. The maximum absolute atomic E-state index is 5.67. The molecule has 0 bridgehead atoms. The van der Waals surface area contributed by atoms with Crippen LogP contribution < -0.4 is 4.74 Å². The lowest BCUT2D eigenvalue weighted by atomic mass is 10.3. The lowest BCUT2D eigenvalue weighted by molar-refractivity contribution is 0.309. The lowest BCUT2D eigenvalue weighted by Gasteiger charge is -2.04. The molecule has 2 rings (SSSR count). The second-order valence-electron chi connectivity index (χ2n) is 2.98. The molecule has 0 saturated carbocycles. The number of halogens is 2. The van der Waals surface area contributed by atoms with Gasteiger partial charge in [0.15, 0.2) is 0 Å². The average Bonchev–Trinajstić information content (AvgIpc) is 2.62. The van der Waals surface area contributed by atoms with Crippen molar-refractivity contribution in [2.24, 2.45) is 0 Å². The van der Waals surface area contributed by atoms with Crippen LogP contribution in [-0.2, 0) is 6.61 Å². The molecule has 1 heterocycles. The molecular formula is C11H8BrIOS. The number of benzene rings is 1. The molecule has 4 heteroatoms. The van der Waals surface area contributed by atoms with E-state index in [-0.39, 0.29) is 0 Å². The van der Waals surface area contributed by atoms with Gasteiger partial charge in [0, 0.05) is 18.3 Å². The number of rotatable bonds is 3. The Morgan fingerprint density at radius 3 is 2.87 bits per heavy atom. The van der Waals surface area contributed by atoms with Gasteiger partial charge in [-0.05, 0) is 62.8 Å². The van der Waals surface area contributed by atoms with E-state index in [9.17, 15) is 0 Å². The Bertz CT molecular complexity index is 455. The highest BCUT2D eigenvalue weighted by atomic mass is 127. The van der Waals surface area contributed by atoms with Crippen LogP contribution in [0, 0.1) is 3.57 Å². The second kappa shape index (κ2) is 5.32. The SMILES string of the molecule is Brc1csc(COc2cccc(I)c2)c1. The average molecular weight is 395 g/mol. The number of thiophene rings is 1. The normalized spacial score (nSPS) is 10.3. The van der Waals surface area contributed by atoms with Crippen LogP contribution in [0.5, 0.6) is 5.75 Å². The van der Waals surface area contributed by atoms with Crippen molar-refractivity contribution < 1.29 is 4.74 Å². The van der Waals surface area contributed by atoms with Gasteiger partial charge >= 0.3 is 0 Å². The molecule has 0 aliphatic carbocycles. The molecule has 0 aliphatic heterocycles. The van der Waals surface area contributed by atoms with Crippen molar-refractivity contribution in [3.05, 3.63) is 48.6 Å². The summed E-state index contributed by atoms with van der Waals surface area (Å²) in [5.74, 6) is 0.923. The fraction of sp³-hybridized carbons (Fsp3) is 0.0909. The van der Waals surface area contributed by atoms with Crippen LogP contribution in [0.25, 0.3) is 0 Å². The fourth-order valence-electron chi connectivity index (χ4n) is 1.14. The van der Waals surface area contributed by atoms with Crippen molar-refractivity contribution in [1.82, 2.24) is 0 Å². The monoisotopic (exact) mass is 394 g/mol. The fourth-order valence-corrected chi connectivity index (χ4v) is 3.02. The molecular weight excluding hydrogens is 387 g/mol. The molecule has 15 heavy (non-hydrogen) atoms. The summed E-state index contributed by atoms with van der Waals surface area (Å²) in [6.45, 7) is 0.635. The molecule has 78 valence electrons. The van der Waals surface area contributed by atoms with Crippen molar-refractivity contribution in [2.45, 2.75) is 6.61 Å². The smallest absolute Gasteiger partial charge is 0.122 e. The molecule has 0 unspecified atom stereocenters. The van der Waals surface area contributed by atoms with Gasteiger partial charge in [-0.3, -0.25) is 0 Å². The molecule has 1 aromatic heterocycles. The minimum atomic E-state index is 0.635. The van der Waals surface area contributed by atoms with E-state index >= 15 is 0 Å². The molecule has 0 aliphatic rings. The highest BCUT2D eigenvalue weighted by Crippen LogP contribution is 2.22. The van der Waals surface area contributed by atoms with E-state index in [1.165, 1.54) is 8.45 Å². The van der Waals surface area contributed by atoms with Gasteiger partial charge in [0.2, 0.25) is 0 Å². The van der Waals surface area contributed by atoms with Gasteiger partial charge in [-0.15, -0.1) is 11.3 Å². The van der Waals surface area contributed by atoms with Gasteiger partial charge in [-0.2, -0.15) is 0 Å². The predicted molar refractivity (Wildman–Crippen MR) is 75.5 cm³/mol. The van der Waals surface area contributed by atoms with Crippen LogP contribution in [0.4, 0.5) is 0 Å². The van der Waals surface area contributed by atoms with E-state index in [1.54, 1.807) is 11.3 Å². The van der Waals surface area contributed by atoms with Gasteiger partial charge in [0.1, 0.15) is 12.4 Å². The first kappa shape index (κ1) is 11.4. The first-order valence-electron chi connectivity index (χ1n) is 4.35. The van der Waals surface area contributed by atoms with Crippen LogP contribution in [0.3, 0.4) is 0 Å². The summed E-state index contributed by atoms with van der Waals surface area (Å²) >= 11 is 7.40. The van der Waals surface area contributed by atoms with Crippen LogP contribution in [0.1, 0.15) is 4.88 Å². The number of hydrogen-bond acceptors (Lipinski definition) is 2. The molecule has 0 atom stereocenters. The summed E-state index contributed by atoms with van der Waals surface area (Å²) in [5.41, 5.74) is 0. The largest absolute Gasteiger partial charge is 0.488 e. The molecule has 0 spiro atoms. The highest BCUT2D eigenvalue weighted by molar-refractivity contribution is 14.1. The zero-order chi connectivity index (χ0) is 10.7. The van der Waals surface area contributed by atoms with Crippen LogP contribution >= 0.6 is 49.9 Å². The third-order valence-electron chi connectivity index (χ3n) is 1.80. The first-order chi connectivity index (χ1) is 7.24. The molecule has 2 aromatic rings. The Hall–Kier alpha value is -0.0700. The van der Waals surface area contributed by atoms with Gasteiger partial charge in [-0.25, -0.2) is 0 Å². The quantitative estimate of drug-likeness (QED) is 0.686. The Morgan fingerprint density at radius 2 is 2.20 bits per heavy atom. The Morgan fingerprint density at radius 1 is 1.33 bits per heavy atom. The molecule has 1 nitrogen and oxygen atoms in total. The molecule has 0 fully saturated rings. The molecule has 0 N–H and O–H groups in total. The zero-order valence-corrected chi connectivity index (χ0v) is 12.3. The van der Waals surface area contributed by atoms with Gasteiger partial charge in [0.05, 0.1) is 0 Å². The van der Waals surface area contributed by atoms with Crippen LogP contribution in [0.2, 0.25) is 0 Å². The van der Waals surface area contributed by atoms with Gasteiger partial charge in [0.25, 0.3) is 0 Å². The van der Waals surface area contributed by atoms with Crippen molar-refractivity contribution in [3.63, 3.8) is 0 Å². The predicted octanol–water partition coefficient (Wildman–Crippen LogP) is 4.69. The van der Waals surface area contributed by atoms with E-state index in [0.717, 1.165) is 10.2 Å². The van der Waals surface area contributed by atoms with Crippen molar-refractivity contribution in [3.8, 4) is 5.75 Å². The summed E-state index contributed by atoms with van der Waals surface area (Å²) in [6, 6.07) is 10.1. The summed E-state index contributed by atoms with van der Waals surface area (Å²) in [7, 11) is 0. The highest BCUT2D eigenvalue weighted by Gasteiger charge is 1.99. The van der Waals surface area contributed by atoms with Crippen LogP contribution in [0.15, 0.2) is 40.2 Å². The lowest BCUT2D eigenvalue weighted by Crippen LogP contribution is -1.92. The maximum atomic E-state index is 5.67. The van der Waals surface area contributed by atoms with Crippen molar-refractivity contribution in [1.29, 1.82) is 0 Å². The third kappa shape index (κ3) is 3.46. The van der Waals surface area contributed by atoms with E-state index in [1.807, 2.05) is 18.2 Å². The van der Waals surface area contributed by atoms with E-state index in [2.05, 4.69) is 56.0 Å². The van der Waals surface area contributed by atoms with Gasteiger partial charge < -0.3 is 4.74 Å². The zero-order valence-electron chi connectivity index (χ0n) is 7.74. The van der Waals surface area contributed by atoms with E-state index in [4.69, 9.17) is 4.74 Å². The Kier molecular flexibility index (Phi) is 4.05. The summed E-state index contributed by atoms with van der Waals surface area (Å²) < 4.78 is 7.98. The summed E-state index contributed by atoms with van der Waals surface area (Å²) in [6.07, 6.45) is 0. The van der Waals surface area contributed by atoms with Crippen molar-refractivity contribution in [2.75, 3.05) is 0 Å². The van der Waals surface area contributed by atoms with Crippen LogP contribution in [-0.4, -0.2) is 0 Å². The molecule has 0 amide bonds. The summed E-state index contributed by atoms with van der Waals surface area (Å²) in [5, 5.41) is 2.06. The standard InChI is InChI=1S/C11H8BrIOS/c12-8-4-11(15-7-8)6-14-10-3-1-2-9(13)5-10/h1-5,7H,6H2. The molecule has 0 radical (unpaired) electrons. The number of ether oxygens (including phenoxy) is 1. The topological polar surface area (TPSA) is 9.23 Å². The minimum absolute atomic E-state index is 0.635. The number of hydrogen-bond donors (Lipinski definition) is 0. The molecule has 1 aromatic carbocycles. The second-order valence-corrected chi connectivity index (χ2v) is 6.13. The van der Waals surface area contributed by atoms with Crippen molar-refractivity contribution >= 4 is 49.9 Å². The molecule has 0 saturated heterocycles. The first-order valence-corrected chi connectivity index (χ1v) is 7.10. The minimum Gasteiger partial charge on any atom is -0.488 e. The Labute approximate surface area is 115 Å². The maximum Gasteiger partial charge on any atom is 0.122 e. The van der Waals surface area contributed by atoms with E-state index in [0.29, 0.717) is 6.61 Å². The summed E-state index contributed by atoms with van der Waals surface area (Å²) in [4.78, 5) is 1.22. The van der Waals surface area contributed by atoms with Gasteiger partial charge in [-0.1, -0.05) is 6.07 Å².